The molecule has 0 unspecified atom stereocenters. The van der Waals surface area contributed by atoms with E-state index in [1.165, 1.54) is 9.58 Å². The van der Waals surface area contributed by atoms with Crippen LogP contribution in [0.15, 0.2) is 9.59 Å². The number of H-pyrrole nitrogens is 1. The van der Waals surface area contributed by atoms with Crippen molar-refractivity contribution in [3.05, 3.63) is 20.8 Å². The van der Waals surface area contributed by atoms with E-state index in [0.717, 1.165) is 0 Å². The SMILES string of the molecule is C[C@H]1CN(N)c2nc3c(c(=O)[nH]c(=O)n3C)n2C1. The number of nitrogens with zero attached hydrogens (tertiary/aromatic N) is 4. The highest BCUT2D eigenvalue weighted by molar-refractivity contribution is 5.74. The lowest BCUT2D eigenvalue weighted by Crippen LogP contribution is -2.42. The van der Waals surface area contributed by atoms with Gasteiger partial charge in [0.15, 0.2) is 11.2 Å². The standard InChI is InChI=1S/C10H14N6O2/c1-5-3-15-6-7(12-9(15)16(11)4-5)14(2)10(18)13-8(6)17/h5H,3-4,11H2,1-2H3,(H,13,17,18)/t5-/m1/s1. The van der Waals surface area contributed by atoms with Crippen LogP contribution in [0.2, 0.25) is 0 Å². The van der Waals surface area contributed by atoms with E-state index >= 15 is 0 Å². The number of fused-ring (bicyclic) bond motifs is 3. The van der Waals surface area contributed by atoms with E-state index in [1.54, 1.807) is 11.6 Å². The number of hydrogen-bond acceptors (Lipinski definition) is 5. The van der Waals surface area contributed by atoms with Crippen molar-refractivity contribution < 1.29 is 0 Å². The highest BCUT2D eigenvalue weighted by atomic mass is 16.2. The summed E-state index contributed by atoms with van der Waals surface area (Å²) >= 11 is 0. The molecular weight excluding hydrogens is 236 g/mol. The quantitative estimate of drug-likeness (QED) is 0.569. The van der Waals surface area contributed by atoms with E-state index in [0.29, 0.717) is 36.1 Å². The molecule has 2 aromatic heterocycles. The first-order valence-electron chi connectivity index (χ1n) is 5.71. The molecule has 0 fully saturated rings. The van der Waals surface area contributed by atoms with E-state index < -0.39 is 11.2 Å². The molecule has 0 amide bonds. The third-order valence-electron chi connectivity index (χ3n) is 3.25. The number of nitrogens with two attached hydrogens (primary N) is 1. The molecule has 3 N–H and O–H groups in total. The summed E-state index contributed by atoms with van der Waals surface area (Å²) in [5.74, 6) is 6.73. The van der Waals surface area contributed by atoms with Crippen molar-refractivity contribution in [2.24, 2.45) is 18.8 Å². The lowest BCUT2D eigenvalue weighted by Gasteiger charge is -2.28. The topological polar surface area (TPSA) is 102 Å². The Bertz CT molecular complexity index is 739. The van der Waals surface area contributed by atoms with Crippen LogP contribution < -0.4 is 22.1 Å². The minimum Gasteiger partial charge on any atom is -0.303 e. The predicted molar refractivity (Wildman–Crippen MR) is 66.3 cm³/mol. The van der Waals surface area contributed by atoms with E-state index in [-0.39, 0.29) is 0 Å². The number of imidazole rings is 1. The van der Waals surface area contributed by atoms with Crippen LogP contribution in [0.1, 0.15) is 6.92 Å². The van der Waals surface area contributed by atoms with Crippen LogP contribution in [0.4, 0.5) is 5.95 Å². The zero-order valence-electron chi connectivity index (χ0n) is 10.2. The van der Waals surface area contributed by atoms with Crippen LogP contribution in [0, 0.1) is 5.92 Å². The van der Waals surface area contributed by atoms with Crippen LogP contribution in [0.3, 0.4) is 0 Å². The zero-order chi connectivity index (χ0) is 13.0. The van der Waals surface area contributed by atoms with Gasteiger partial charge in [0, 0.05) is 20.1 Å². The minimum absolute atomic E-state index is 0.316. The summed E-state index contributed by atoms with van der Waals surface area (Å²) in [5, 5.41) is 1.51. The number of nitrogens with one attached hydrogen (secondary N) is 1. The second-order valence-electron chi connectivity index (χ2n) is 4.77. The fraction of sp³-hybridized carbons (Fsp3) is 0.500. The molecule has 1 aliphatic heterocycles. The molecule has 18 heavy (non-hydrogen) atoms. The third-order valence-corrected chi connectivity index (χ3v) is 3.25. The molecule has 0 radical (unpaired) electrons. The van der Waals surface area contributed by atoms with E-state index in [9.17, 15) is 9.59 Å². The maximum absolute atomic E-state index is 11.9. The first-order chi connectivity index (χ1) is 8.49. The lowest BCUT2D eigenvalue weighted by atomic mass is 10.1. The first kappa shape index (κ1) is 11.0. The number of aromatic amines is 1. The highest BCUT2D eigenvalue weighted by Crippen LogP contribution is 2.23. The normalized spacial score (nSPS) is 19.3. The minimum atomic E-state index is -0.473. The maximum Gasteiger partial charge on any atom is 0.329 e. The average molecular weight is 250 g/mol. The van der Waals surface area contributed by atoms with Crippen molar-refractivity contribution >= 4 is 17.1 Å². The molecule has 0 spiro atoms. The number of aromatic nitrogens is 4. The third kappa shape index (κ3) is 1.32. The largest absolute Gasteiger partial charge is 0.329 e. The van der Waals surface area contributed by atoms with Gasteiger partial charge in [-0.05, 0) is 5.92 Å². The summed E-state index contributed by atoms with van der Waals surface area (Å²) in [6.07, 6.45) is 0. The molecule has 0 aliphatic carbocycles. The summed E-state index contributed by atoms with van der Waals surface area (Å²) in [7, 11) is 1.57. The van der Waals surface area contributed by atoms with Gasteiger partial charge < -0.3 is 4.57 Å². The Kier molecular flexibility index (Phi) is 2.11. The summed E-state index contributed by atoms with van der Waals surface area (Å²) in [6.45, 7) is 3.39. The van der Waals surface area contributed by atoms with Gasteiger partial charge in [0.2, 0.25) is 5.95 Å². The monoisotopic (exact) mass is 250 g/mol. The van der Waals surface area contributed by atoms with Gasteiger partial charge in [-0.25, -0.2) is 10.6 Å². The molecule has 1 aliphatic rings. The fourth-order valence-corrected chi connectivity index (χ4v) is 2.40. The molecule has 0 aromatic carbocycles. The van der Waals surface area contributed by atoms with Gasteiger partial charge >= 0.3 is 5.69 Å². The van der Waals surface area contributed by atoms with Gasteiger partial charge in [0.25, 0.3) is 5.56 Å². The lowest BCUT2D eigenvalue weighted by molar-refractivity contribution is 0.440. The fourth-order valence-electron chi connectivity index (χ4n) is 2.40. The molecule has 3 rings (SSSR count). The van der Waals surface area contributed by atoms with Gasteiger partial charge in [0.05, 0.1) is 0 Å². The van der Waals surface area contributed by atoms with Gasteiger partial charge in [0.1, 0.15) is 0 Å². The summed E-state index contributed by atoms with van der Waals surface area (Å²) in [6, 6.07) is 0. The molecule has 1 atom stereocenters. The van der Waals surface area contributed by atoms with Crippen LogP contribution in [-0.2, 0) is 13.6 Å². The van der Waals surface area contributed by atoms with Gasteiger partial charge in [-0.1, -0.05) is 6.92 Å². The number of hydrogen-bond donors (Lipinski definition) is 2. The van der Waals surface area contributed by atoms with Gasteiger partial charge in [-0.2, -0.15) is 4.98 Å². The molecule has 0 saturated heterocycles. The molecular formula is C10H14N6O2. The number of rotatable bonds is 0. The summed E-state index contributed by atoms with van der Waals surface area (Å²) in [4.78, 5) is 30.0. The molecule has 0 bridgehead atoms. The van der Waals surface area contributed by atoms with Crippen molar-refractivity contribution in [2.45, 2.75) is 13.5 Å². The number of hydrazine groups is 1. The smallest absolute Gasteiger partial charge is 0.303 e. The Morgan fingerprint density at radius 3 is 2.83 bits per heavy atom. The molecule has 0 saturated carbocycles. The van der Waals surface area contributed by atoms with Crippen LogP contribution >= 0.6 is 0 Å². The Morgan fingerprint density at radius 2 is 2.11 bits per heavy atom. The van der Waals surface area contributed by atoms with Crippen molar-refractivity contribution in [3.63, 3.8) is 0 Å². The molecule has 8 heteroatoms. The van der Waals surface area contributed by atoms with Crippen LogP contribution in [0.25, 0.3) is 11.2 Å². The van der Waals surface area contributed by atoms with E-state index in [4.69, 9.17) is 5.84 Å². The second-order valence-corrected chi connectivity index (χ2v) is 4.77. The highest BCUT2D eigenvalue weighted by Gasteiger charge is 2.26. The predicted octanol–water partition coefficient (Wildman–Crippen LogP) is -1.25. The van der Waals surface area contributed by atoms with E-state index in [2.05, 4.69) is 9.97 Å². The van der Waals surface area contributed by atoms with Gasteiger partial charge in [-0.3, -0.25) is 19.4 Å². The summed E-state index contributed by atoms with van der Waals surface area (Å²) in [5.41, 5.74) is -0.133. The molecule has 2 aromatic rings. The Morgan fingerprint density at radius 1 is 1.39 bits per heavy atom. The summed E-state index contributed by atoms with van der Waals surface area (Å²) < 4.78 is 3.09. The first-order valence-corrected chi connectivity index (χ1v) is 5.71. The number of aryl methyl sites for hydroxylation is 1. The Hall–Kier alpha value is -2.09. The maximum atomic E-state index is 11.9. The zero-order valence-corrected chi connectivity index (χ0v) is 10.2. The van der Waals surface area contributed by atoms with Crippen molar-refractivity contribution in [1.82, 2.24) is 19.1 Å². The molecule has 3 heterocycles. The number of anilines is 1. The van der Waals surface area contributed by atoms with Crippen molar-refractivity contribution in [1.29, 1.82) is 0 Å². The second kappa shape index (κ2) is 3.45. The Labute approximate surface area is 102 Å². The molecule has 8 nitrogen and oxygen atoms in total. The van der Waals surface area contributed by atoms with Gasteiger partial charge in [-0.15, -0.1) is 0 Å². The van der Waals surface area contributed by atoms with Crippen molar-refractivity contribution in [3.8, 4) is 0 Å². The average Bonchev–Trinajstić information content (AvgIpc) is 2.66. The van der Waals surface area contributed by atoms with E-state index in [1.807, 2.05) is 6.92 Å². The van der Waals surface area contributed by atoms with Crippen LogP contribution in [-0.4, -0.2) is 25.6 Å². The van der Waals surface area contributed by atoms with Crippen LogP contribution in [0.5, 0.6) is 0 Å². The molecule has 96 valence electrons. The van der Waals surface area contributed by atoms with Crippen molar-refractivity contribution in [2.75, 3.05) is 11.6 Å². The Balaban J connectivity index is 2.45.